The number of hydrogen-bond donors (Lipinski definition) is 1. The van der Waals surface area contributed by atoms with Gasteiger partial charge in [-0.05, 0) is 39.2 Å². The summed E-state index contributed by atoms with van der Waals surface area (Å²) in [6.07, 6.45) is 6.19. The van der Waals surface area contributed by atoms with E-state index in [2.05, 4.69) is 16.9 Å². The van der Waals surface area contributed by atoms with E-state index in [0.29, 0.717) is 6.04 Å². The van der Waals surface area contributed by atoms with E-state index >= 15 is 0 Å². The Labute approximate surface area is 121 Å². The summed E-state index contributed by atoms with van der Waals surface area (Å²) in [4.78, 5) is 2.62. The van der Waals surface area contributed by atoms with E-state index in [1.165, 1.54) is 31.2 Å². The second kappa shape index (κ2) is 5.37. The van der Waals surface area contributed by atoms with E-state index in [0.717, 1.165) is 24.5 Å². The minimum Gasteiger partial charge on any atom is -0.481 e. The Bertz CT molecular complexity index is 480. The highest BCUT2D eigenvalue weighted by molar-refractivity contribution is 5.36. The Morgan fingerprint density at radius 1 is 1.25 bits per heavy atom. The van der Waals surface area contributed by atoms with Gasteiger partial charge in [-0.1, -0.05) is 6.42 Å². The standard InChI is InChI=1S/C15H26N4O/c1-10-13(15(20-3)18(2)17-10)14-12(16)6-4-5-9-19(14)11-7-8-11/h11-12,14H,4-9,16H2,1-3H3. The third-order valence-corrected chi connectivity index (χ3v) is 4.69. The summed E-state index contributed by atoms with van der Waals surface area (Å²) < 4.78 is 7.45. The Kier molecular flexibility index (Phi) is 3.73. The molecule has 20 heavy (non-hydrogen) atoms. The zero-order valence-corrected chi connectivity index (χ0v) is 12.8. The number of hydrogen-bond acceptors (Lipinski definition) is 4. The van der Waals surface area contributed by atoms with E-state index in [4.69, 9.17) is 10.5 Å². The lowest BCUT2D eigenvalue weighted by molar-refractivity contribution is 0.171. The normalized spacial score (nSPS) is 28.4. The first kappa shape index (κ1) is 13.9. The molecule has 1 aliphatic heterocycles. The molecule has 1 aliphatic carbocycles. The SMILES string of the molecule is COc1c(C2C(N)CCCCN2C2CC2)c(C)nn1C. The fourth-order valence-corrected chi connectivity index (χ4v) is 3.65. The van der Waals surface area contributed by atoms with Gasteiger partial charge in [-0.2, -0.15) is 5.10 Å². The highest BCUT2D eigenvalue weighted by atomic mass is 16.5. The molecule has 3 rings (SSSR count). The van der Waals surface area contributed by atoms with E-state index in [1.807, 2.05) is 11.7 Å². The van der Waals surface area contributed by atoms with Gasteiger partial charge in [-0.3, -0.25) is 4.90 Å². The molecule has 2 aliphatic rings. The van der Waals surface area contributed by atoms with Gasteiger partial charge in [0.1, 0.15) is 0 Å². The van der Waals surface area contributed by atoms with Crippen molar-refractivity contribution in [2.75, 3.05) is 13.7 Å². The maximum atomic E-state index is 6.53. The summed E-state index contributed by atoms with van der Waals surface area (Å²) in [5.74, 6) is 0.871. The summed E-state index contributed by atoms with van der Waals surface area (Å²) in [5, 5.41) is 4.55. The van der Waals surface area contributed by atoms with Crippen molar-refractivity contribution < 1.29 is 4.74 Å². The molecule has 2 unspecified atom stereocenters. The van der Waals surface area contributed by atoms with E-state index < -0.39 is 0 Å². The van der Waals surface area contributed by atoms with Crippen LogP contribution in [0, 0.1) is 6.92 Å². The van der Waals surface area contributed by atoms with Gasteiger partial charge < -0.3 is 10.5 Å². The summed E-state index contributed by atoms with van der Waals surface area (Å²) in [5.41, 5.74) is 8.79. The highest BCUT2D eigenvalue weighted by Gasteiger charge is 2.41. The maximum absolute atomic E-state index is 6.53. The third-order valence-electron chi connectivity index (χ3n) is 4.69. The molecule has 5 nitrogen and oxygen atoms in total. The molecule has 2 heterocycles. The average molecular weight is 278 g/mol. The van der Waals surface area contributed by atoms with Crippen LogP contribution in [0.1, 0.15) is 49.4 Å². The van der Waals surface area contributed by atoms with Crippen LogP contribution in [-0.4, -0.2) is 40.4 Å². The summed E-state index contributed by atoms with van der Waals surface area (Å²) in [6, 6.07) is 1.15. The minimum atomic E-state index is 0.176. The Hall–Kier alpha value is -1.07. The molecule has 0 amide bonds. The van der Waals surface area contributed by atoms with Crippen molar-refractivity contribution in [1.82, 2.24) is 14.7 Å². The van der Waals surface area contributed by atoms with Crippen LogP contribution in [0.3, 0.4) is 0 Å². The van der Waals surface area contributed by atoms with Gasteiger partial charge in [0.15, 0.2) is 0 Å². The molecule has 0 bridgehead atoms. The summed E-state index contributed by atoms with van der Waals surface area (Å²) in [7, 11) is 3.67. The van der Waals surface area contributed by atoms with Crippen molar-refractivity contribution in [3.8, 4) is 5.88 Å². The fraction of sp³-hybridized carbons (Fsp3) is 0.800. The molecular formula is C15H26N4O. The van der Waals surface area contributed by atoms with Crippen LogP contribution in [0.15, 0.2) is 0 Å². The fourth-order valence-electron chi connectivity index (χ4n) is 3.65. The van der Waals surface area contributed by atoms with Gasteiger partial charge in [-0.25, -0.2) is 4.68 Å². The molecule has 2 N–H and O–H groups in total. The number of likely N-dealkylation sites (tertiary alicyclic amines) is 1. The molecule has 1 saturated heterocycles. The van der Waals surface area contributed by atoms with Crippen molar-refractivity contribution in [3.05, 3.63) is 11.3 Å². The monoisotopic (exact) mass is 278 g/mol. The van der Waals surface area contributed by atoms with Crippen LogP contribution in [0.2, 0.25) is 0 Å². The van der Waals surface area contributed by atoms with E-state index in [-0.39, 0.29) is 12.1 Å². The molecule has 1 aromatic heterocycles. The molecule has 1 aromatic rings. The van der Waals surface area contributed by atoms with E-state index in [1.54, 1.807) is 7.11 Å². The Balaban J connectivity index is 2.03. The molecular weight excluding hydrogens is 252 g/mol. The molecule has 0 aromatic carbocycles. The number of nitrogens with zero attached hydrogens (tertiary/aromatic N) is 3. The lowest BCUT2D eigenvalue weighted by Crippen LogP contribution is -2.41. The Morgan fingerprint density at radius 3 is 2.65 bits per heavy atom. The van der Waals surface area contributed by atoms with Crippen molar-refractivity contribution >= 4 is 0 Å². The lowest BCUT2D eigenvalue weighted by Gasteiger charge is -2.33. The maximum Gasteiger partial charge on any atom is 0.216 e. The van der Waals surface area contributed by atoms with Gasteiger partial charge in [-0.15, -0.1) is 0 Å². The topological polar surface area (TPSA) is 56.3 Å². The second-order valence-electron chi connectivity index (χ2n) is 6.21. The van der Waals surface area contributed by atoms with Crippen LogP contribution in [0.25, 0.3) is 0 Å². The van der Waals surface area contributed by atoms with Crippen molar-refractivity contribution in [1.29, 1.82) is 0 Å². The molecule has 5 heteroatoms. The van der Waals surface area contributed by atoms with Crippen molar-refractivity contribution in [2.24, 2.45) is 12.8 Å². The molecule has 0 radical (unpaired) electrons. The Morgan fingerprint density at radius 2 is 2.00 bits per heavy atom. The first-order chi connectivity index (χ1) is 9.63. The van der Waals surface area contributed by atoms with Gasteiger partial charge in [0.05, 0.1) is 24.4 Å². The third kappa shape index (κ3) is 2.33. The number of nitrogens with two attached hydrogens (primary N) is 1. The van der Waals surface area contributed by atoms with Gasteiger partial charge in [0.2, 0.25) is 5.88 Å². The smallest absolute Gasteiger partial charge is 0.216 e. The van der Waals surface area contributed by atoms with Crippen LogP contribution < -0.4 is 10.5 Å². The molecule has 2 fully saturated rings. The average Bonchev–Trinajstić information content (AvgIpc) is 3.20. The number of aromatic nitrogens is 2. The number of methoxy groups -OCH3 is 1. The van der Waals surface area contributed by atoms with Crippen LogP contribution >= 0.6 is 0 Å². The number of aryl methyl sites for hydroxylation is 2. The predicted molar refractivity (Wildman–Crippen MR) is 78.8 cm³/mol. The quantitative estimate of drug-likeness (QED) is 0.915. The highest BCUT2D eigenvalue weighted by Crippen LogP contribution is 2.42. The first-order valence-corrected chi connectivity index (χ1v) is 7.72. The first-order valence-electron chi connectivity index (χ1n) is 7.72. The summed E-state index contributed by atoms with van der Waals surface area (Å²) in [6.45, 7) is 3.22. The molecule has 2 atom stereocenters. The van der Waals surface area contributed by atoms with Gasteiger partial charge in [0.25, 0.3) is 0 Å². The van der Waals surface area contributed by atoms with Crippen LogP contribution in [0.4, 0.5) is 0 Å². The zero-order valence-electron chi connectivity index (χ0n) is 12.8. The van der Waals surface area contributed by atoms with Crippen LogP contribution in [0.5, 0.6) is 5.88 Å². The molecule has 0 spiro atoms. The molecule has 1 saturated carbocycles. The molecule has 112 valence electrons. The number of rotatable bonds is 3. The largest absolute Gasteiger partial charge is 0.481 e. The van der Waals surface area contributed by atoms with Crippen molar-refractivity contribution in [2.45, 2.75) is 57.2 Å². The predicted octanol–water partition coefficient (Wildman–Crippen LogP) is 1.75. The van der Waals surface area contributed by atoms with Crippen LogP contribution in [-0.2, 0) is 7.05 Å². The van der Waals surface area contributed by atoms with Gasteiger partial charge in [0, 0.05) is 19.1 Å². The lowest BCUT2D eigenvalue weighted by atomic mass is 9.96. The second-order valence-corrected chi connectivity index (χ2v) is 6.21. The minimum absolute atomic E-state index is 0.176. The van der Waals surface area contributed by atoms with Gasteiger partial charge >= 0.3 is 0 Å². The van der Waals surface area contributed by atoms with Crippen molar-refractivity contribution in [3.63, 3.8) is 0 Å². The zero-order chi connectivity index (χ0) is 14.3. The number of ether oxygens (including phenoxy) is 1. The van der Waals surface area contributed by atoms with E-state index in [9.17, 15) is 0 Å². The summed E-state index contributed by atoms with van der Waals surface area (Å²) >= 11 is 0.